The van der Waals surface area contributed by atoms with E-state index >= 15 is 0 Å². The minimum atomic E-state index is -0.284. The molecule has 1 fully saturated rings. The molecule has 2 aromatic rings. The molecule has 1 amide bonds. The number of nitrogen functional groups attached to an aromatic ring is 1. The van der Waals surface area contributed by atoms with Crippen LogP contribution in [0.4, 0.5) is 11.4 Å². The number of carbonyl (C=O) groups is 2. The number of nitrogens with zero attached hydrogens (tertiary/aromatic N) is 2. The van der Waals surface area contributed by atoms with Gasteiger partial charge in [-0.05, 0) is 61.8 Å². The van der Waals surface area contributed by atoms with Crippen LogP contribution < -0.4 is 10.7 Å². The average molecular weight is 450 g/mol. The van der Waals surface area contributed by atoms with Gasteiger partial charge in [-0.2, -0.15) is 5.10 Å². The molecule has 6 nitrogen and oxygen atoms in total. The Morgan fingerprint density at radius 1 is 1.09 bits per heavy atom. The molecule has 0 aromatic heterocycles. The second-order valence-electron chi connectivity index (χ2n) is 9.41. The Morgan fingerprint density at radius 2 is 1.76 bits per heavy atom. The van der Waals surface area contributed by atoms with E-state index in [4.69, 9.17) is 10.5 Å². The molecule has 4 rings (SSSR count). The molecule has 0 spiro atoms. The summed E-state index contributed by atoms with van der Waals surface area (Å²) in [5, 5.41) is 5.59. The topological polar surface area (TPSA) is 85.0 Å². The van der Waals surface area contributed by atoms with Gasteiger partial charge in [0, 0.05) is 11.4 Å². The normalized spacial score (nSPS) is 22.5. The number of hydrogen-bond donors (Lipinski definition) is 1. The number of anilines is 2. The number of amides is 1. The van der Waals surface area contributed by atoms with E-state index in [1.807, 2.05) is 49.4 Å². The van der Waals surface area contributed by atoms with Crippen LogP contribution >= 0.6 is 0 Å². The fourth-order valence-corrected chi connectivity index (χ4v) is 4.46. The number of hydrogen-bond acceptors (Lipinski definition) is 5. The summed E-state index contributed by atoms with van der Waals surface area (Å²) in [5.74, 6) is 1.38. The Morgan fingerprint density at radius 3 is 2.36 bits per heavy atom. The summed E-state index contributed by atoms with van der Waals surface area (Å²) in [7, 11) is 0. The third kappa shape index (κ3) is 6.44. The summed E-state index contributed by atoms with van der Waals surface area (Å²) in [5.41, 5.74) is 8.52. The van der Waals surface area contributed by atoms with Crippen LogP contribution in [0.3, 0.4) is 0 Å². The summed E-state index contributed by atoms with van der Waals surface area (Å²) in [6.07, 6.45) is 3.78. The quantitative estimate of drug-likeness (QED) is 0.480. The largest absolute Gasteiger partial charge is 0.458 e. The van der Waals surface area contributed by atoms with Gasteiger partial charge in [-0.25, -0.2) is 9.80 Å². The van der Waals surface area contributed by atoms with Crippen molar-refractivity contribution in [2.75, 3.05) is 10.7 Å². The lowest BCUT2D eigenvalue weighted by atomic mass is 9.75. The Bertz CT molecular complexity index is 987. The number of ether oxygens (including phenoxy) is 1. The number of rotatable bonds is 4. The molecule has 3 unspecified atom stereocenters. The number of para-hydroxylation sites is 2. The lowest BCUT2D eigenvalue weighted by molar-refractivity contribution is -0.116. The van der Waals surface area contributed by atoms with Gasteiger partial charge in [0.15, 0.2) is 0 Å². The minimum absolute atomic E-state index is 0.0193. The van der Waals surface area contributed by atoms with Crippen molar-refractivity contribution in [3.8, 4) is 0 Å². The molecule has 2 aliphatic rings. The predicted molar refractivity (Wildman–Crippen MR) is 133 cm³/mol. The van der Waals surface area contributed by atoms with E-state index < -0.39 is 0 Å². The second kappa shape index (κ2) is 11.1. The van der Waals surface area contributed by atoms with E-state index in [1.54, 1.807) is 12.1 Å². The average Bonchev–Trinajstić information content (AvgIpc) is 3.13. The molecular formula is C27H35N3O3. The molecule has 3 atom stereocenters. The third-order valence-electron chi connectivity index (χ3n) is 6.32. The van der Waals surface area contributed by atoms with E-state index in [1.165, 1.54) is 11.4 Å². The molecule has 1 aliphatic carbocycles. The summed E-state index contributed by atoms with van der Waals surface area (Å²) < 4.78 is 5.78. The number of carbonyl (C=O) groups excluding carboxylic acids is 2. The van der Waals surface area contributed by atoms with E-state index in [2.05, 4.69) is 25.9 Å². The second-order valence-corrected chi connectivity index (χ2v) is 9.41. The number of hydrazone groups is 1. The standard InChI is InChI=1S/C17H25NO2.C10H10N2O/c1-11(2)13-9-8-12(3)10-16(13)20-17(19)14-6-4-5-7-15(14)18;1-8-7-10(13)12(11-8)9-5-3-2-4-6-9/h4-7,11-13,16H,8-10,18H2,1-3H3;2-6H,7H2,1H3. The Balaban J connectivity index is 0.000000203. The van der Waals surface area contributed by atoms with Crippen LogP contribution in [0.1, 0.15) is 63.7 Å². The van der Waals surface area contributed by atoms with Gasteiger partial charge >= 0.3 is 5.97 Å². The van der Waals surface area contributed by atoms with Crippen LogP contribution in [0.5, 0.6) is 0 Å². The van der Waals surface area contributed by atoms with Crippen molar-refractivity contribution in [3.63, 3.8) is 0 Å². The maximum absolute atomic E-state index is 12.3. The van der Waals surface area contributed by atoms with Crippen LogP contribution in [0.2, 0.25) is 0 Å². The SMILES string of the molecule is CC1=NN(c2ccccc2)C(=O)C1.CC1CCC(C(C)C)C(OC(=O)c2ccccc2N)C1. The first-order chi connectivity index (χ1) is 15.8. The van der Waals surface area contributed by atoms with Crippen molar-refractivity contribution < 1.29 is 14.3 Å². The minimum Gasteiger partial charge on any atom is -0.458 e. The fraction of sp³-hybridized carbons (Fsp3) is 0.444. The molecule has 176 valence electrons. The van der Waals surface area contributed by atoms with Gasteiger partial charge in [0.25, 0.3) is 5.91 Å². The van der Waals surface area contributed by atoms with Crippen molar-refractivity contribution in [2.45, 2.75) is 59.5 Å². The molecule has 1 aliphatic heterocycles. The number of benzene rings is 2. The van der Waals surface area contributed by atoms with Gasteiger partial charge in [-0.15, -0.1) is 0 Å². The van der Waals surface area contributed by atoms with E-state index in [0.717, 1.165) is 24.2 Å². The van der Waals surface area contributed by atoms with Gasteiger partial charge in [0.2, 0.25) is 0 Å². The fourth-order valence-electron chi connectivity index (χ4n) is 4.46. The first-order valence-corrected chi connectivity index (χ1v) is 11.7. The maximum Gasteiger partial charge on any atom is 0.340 e. The summed E-state index contributed by atoms with van der Waals surface area (Å²) in [4.78, 5) is 23.7. The Kier molecular flexibility index (Phi) is 8.26. The van der Waals surface area contributed by atoms with Crippen molar-refractivity contribution in [3.05, 3.63) is 60.2 Å². The van der Waals surface area contributed by atoms with Gasteiger partial charge in [0.1, 0.15) is 6.10 Å². The molecule has 0 bridgehead atoms. The third-order valence-corrected chi connectivity index (χ3v) is 6.32. The highest BCUT2D eigenvalue weighted by atomic mass is 16.5. The van der Waals surface area contributed by atoms with Crippen LogP contribution in [0, 0.1) is 17.8 Å². The first kappa shape index (κ1) is 24.5. The molecule has 6 heteroatoms. The van der Waals surface area contributed by atoms with Crippen LogP contribution in [0.25, 0.3) is 0 Å². The van der Waals surface area contributed by atoms with Crippen molar-refractivity contribution in [1.82, 2.24) is 0 Å². The number of esters is 1. The highest BCUT2D eigenvalue weighted by molar-refractivity contribution is 6.12. The van der Waals surface area contributed by atoms with E-state index in [9.17, 15) is 9.59 Å². The molecule has 2 N–H and O–H groups in total. The van der Waals surface area contributed by atoms with Gasteiger partial charge in [0.05, 0.1) is 17.7 Å². The molecular weight excluding hydrogens is 414 g/mol. The molecule has 0 radical (unpaired) electrons. The summed E-state index contributed by atoms with van der Waals surface area (Å²) in [6.45, 7) is 8.51. The van der Waals surface area contributed by atoms with Crippen LogP contribution in [-0.4, -0.2) is 23.7 Å². The van der Waals surface area contributed by atoms with Crippen molar-refractivity contribution in [1.29, 1.82) is 0 Å². The van der Waals surface area contributed by atoms with Crippen molar-refractivity contribution >= 4 is 29.0 Å². The van der Waals surface area contributed by atoms with Crippen molar-refractivity contribution in [2.24, 2.45) is 22.9 Å². The van der Waals surface area contributed by atoms with E-state index in [0.29, 0.717) is 35.4 Å². The summed E-state index contributed by atoms with van der Waals surface area (Å²) >= 11 is 0. The predicted octanol–water partition coefficient (Wildman–Crippen LogP) is 5.69. The highest BCUT2D eigenvalue weighted by Crippen LogP contribution is 2.36. The lowest BCUT2D eigenvalue weighted by Gasteiger charge is -2.36. The zero-order valence-corrected chi connectivity index (χ0v) is 20.0. The molecule has 1 heterocycles. The Labute approximate surface area is 196 Å². The van der Waals surface area contributed by atoms with E-state index in [-0.39, 0.29) is 18.0 Å². The zero-order chi connectivity index (χ0) is 24.0. The van der Waals surface area contributed by atoms with Gasteiger partial charge < -0.3 is 10.5 Å². The molecule has 2 aromatic carbocycles. The summed E-state index contributed by atoms with van der Waals surface area (Å²) in [6, 6.07) is 16.6. The van der Waals surface area contributed by atoms with Crippen LogP contribution in [-0.2, 0) is 9.53 Å². The number of nitrogens with two attached hydrogens (primary N) is 1. The first-order valence-electron chi connectivity index (χ1n) is 11.7. The zero-order valence-electron chi connectivity index (χ0n) is 20.0. The smallest absolute Gasteiger partial charge is 0.340 e. The van der Waals surface area contributed by atoms with Gasteiger partial charge in [-0.3, -0.25) is 4.79 Å². The molecule has 33 heavy (non-hydrogen) atoms. The monoisotopic (exact) mass is 449 g/mol. The Hall–Kier alpha value is -3.15. The molecule has 0 saturated heterocycles. The van der Waals surface area contributed by atoms with Crippen LogP contribution in [0.15, 0.2) is 59.7 Å². The highest BCUT2D eigenvalue weighted by Gasteiger charge is 2.33. The molecule has 1 saturated carbocycles. The maximum atomic E-state index is 12.3. The van der Waals surface area contributed by atoms with Gasteiger partial charge in [-0.1, -0.05) is 57.5 Å². The lowest BCUT2D eigenvalue weighted by Crippen LogP contribution is -2.36.